The van der Waals surface area contributed by atoms with Gasteiger partial charge in [-0.25, -0.2) is 4.39 Å². The number of nitrogens with one attached hydrogen (secondary N) is 1. The Bertz CT molecular complexity index is 504. The summed E-state index contributed by atoms with van der Waals surface area (Å²) >= 11 is 0. The van der Waals surface area contributed by atoms with Gasteiger partial charge >= 0.3 is 0 Å². The van der Waals surface area contributed by atoms with Gasteiger partial charge in [-0.05, 0) is 24.6 Å². The van der Waals surface area contributed by atoms with Gasteiger partial charge in [0.05, 0.1) is 19.1 Å². The third-order valence-corrected chi connectivity index (χ3v) is 3.47. The Labute approximate surface area is 135 Å². The molecule has 1 atom stereocenters. The molecular formula is C16H24FN3O3. The summed E-state index contributed by atoms with van der Waals surface area (Å²) < 4.78 is 17.9. The van der Waals surface area contributed by atoms with Crippen LogP contribution in [0, 0.1) is 5.82 Å². The first kappa shape index (κ1) is 19.1. The highest BCUT2D eigenvalue weighted by molar-refractivity contribution is 5.85. The Kier molecular flexibility index (Phi) is 8.21. The first-order chi connectivity index (χ1) is 11.0. The van der Waals surface area contributed by atoms with Crippen LogP contribution in [0.3, 0.4) is 0 Å². The molecule has 1 aromatic carbocycles. The first-order valence-corrected chi connectivity index (χ1v) is 7.51. The highest BCUT2D eigenvalue weighted by atomic mass is 19.1. The maximum absolute atomic E-state index is 12.8. The number of methoxy groups -OCH3 is 1. The maximum Gasteiger partial charge on any atom is 0.239 e. The minimum absolute atomic E-state index is 0.0302. The van der Waals surface area contributed by atoms with Crippen LogP contribution in [0.2, 0.25) is 0 Å². The molecule has 0 aliphatic carbocycles. The largest absolute Gasteiger partial charge is 0.380 e. The SMILES string of the molecule is CCN(CC(=O)NCc1ccc(F)cc1)C(=O)CC(CN)OC. The van der Waals surface area contributed by atoms with E-state index in [1.165, 1.54) is 24.1 Å². The quantitative estimate of drug-likeness (QED) is 0.698. The van der Waals surface area contributed by atoms with Gasteiger partial charge in [0.15, 0.2) is 0 Å². The van der Waals surface area contributed by atoms with E-state index in [9.17, 15) is 14.0 Å². The van der Waals surface area contributed by atoms with Gasteiger partial charge in [-0.3, -0.25) is 9.59 Å². The van der Waals surface area contributed by atoms with Crippen molar-refractivity contribution in [2.24, 2.45) is 5.73 Å². The Balaban J connectivity index is 2.46. The normalized spacial score (nSPS) is 11.8. The van der Waals surface area contributed by atoms with E-state index >= 15 is 0 Å². The molecule has 1 aromatic rings. The third kappa shape index (κ3) is 6.75. The Hall–Kier alpha value is -1.99. The van der Waals surface area contributed by atoms with Crippen molar-refractivity contribution in [3.05, 3.63) is 35.6 Å². The lowest BCUT2D eigenvalue weighted by molar-refractivity contribution is -0.137. The monoisotopic (exact) mass is 325 g/mol. The smallest absolute Gasteiger partial charge is 0.239 e. The lowest BCUT2D eigenvalue weighted by atomic mass is 10.2. The fourth-order valence-corrected chi connectivity index (χ4v) is 2.00. The van der Waals surface area contributed by atoms with Gasteiger partial charge in [0.25, 0.3) is 0 Å². The molecule has 0 fully saturated rings. The van der Waals surface area contributed by atoms with E-state index in [1.54, 1.807) is 19.1 Å². The van der Waals surface area contributed by atoms with E-state index in [0.29, 0.717) is 6.54 Å². The summed E-state index contributed by atoms with van der Waals surface area (Å²) in [6, 6.07) is 5.87. The van der Waals surface area contributed by atoms with Gasteiger partial charge in [0, 0.05) is 26.7 Å². The van der Waals surface area contributed by atoms with E-state index in [-0.39, 0.29) is 49.8 Å². The van der Waals surface area contributed by atoms with Gasteiger partial charge in [0.1, 0.15) is 5.82 Å². The molecule has 1 unspecified atom stereocenters. The van der Waals surface area contributed by atoms with Gasteiger partial charge in [0.2, 0.25) is 11.8 Å². The van der Waals surface area contributed by atoms with Crippen LogP contribution in [0.15, 0.2) is 24.3 Å². The van der Waals surface area contributed by atoms with E-state index in [4.69, 9.17) is 10.5 Å². The number of halogens is 1. The summed E-state index contributed by atoms with van der Waals surface area (Å²) in [6.45, 7) is 2.72. The Morgan fingerprint density at radius 1 is 1.35 bits per heavy atom. The topological polar surface area (TPSA) is 84.7 Å². The summed E-state index contributed by atoms with van der Waals surface area (Å²) in [5, 5.41) is 2.71. The number of rotatable bonds is 9. The maximum atomic E-state index is 12.8. The molecule has 0 aliphatic rings. The molecule has 0 saturated heterocycles. The van der Waals surface area contributed by atoms with Crippen molar-refractivity contribution >= 4 is 11.8 Å². The van der Waals surface area contributed by atoms with Crippen molar-refractivity contribution in [1.82, 2.24) is 10.2 Å². The van der Waals surface area contributed by atoms with Gasteiger partial charge in [-0.1, -0.05) is 12.1 Å². The van der Waals surface area contributed by atoms with Crippen LogP contribution in [0.1, 0.15) is 18.9 Å². The predicted octanol–water partition coefficient (Wildman–Crippen LogP) is 0.654. The minimum atomic E-state index is -0.348. The zero-order chi connectivity index (χ0) is 17.2. The van der Waals surface area contributed by atoms with E-state index in [1.807, 2.05) is 0 Å². The van der Waals surface area contributed by atoms with Crippen molar-refractivity contribution in [2.75, 3.05) is 26.7 Å². The third-order valence-electron chi connectivity index (χ3n) is 3.47. The summed E-state index contributed by atoms with van der Waals surface area (Å²) in [6.07, 6.45) is -0.203. The Morgan fingerprint density at radius 3 is 2.52 bits per heavy atom. The number of benzene rings is 1. The van der Waals surface area contributed by atoms with Crippen LogP contribution in [-0.4, -0.2) is 49.6 Å². The van der Waals surface area contributed by atoms with Crippen LogP contribution in [-0.2, 0) is 20.9 Å². The number of ether oxygens (including phenoxy) is 1. The van der Waals surface area contributed by atoms with Crippen molar-refractivity contribution in [3.8, 4) is 0 Å². The van der Waals surface area contributed by atoms with E-state index in [0.717, 1.165) is 5.56 Å². The van der Waals surface area contributed by atoms with Gasteiger partial charge < -0.3 is 20.7 Å². The Morgan fingerprint density at radius 2 is 2.00 bits per heavy atom. The summed E-state index contributed by atoms with van der Waals surface area (Å²) in [4.78, 5) is 25.5. The molecule has 0 spiro atoms. The highest BCUT2D eigenvalue weighted by Gasteiger charge is 2.19. The predicted molar refractivity (Wildman–Crippen MR) is 85.0 cm³/mol. The van der Waals surface area contributed by atoms with Crippen molar-refractivity contribution in [3.63, 3.8) is 0 Å². The number of nitrogens with two attached hydrogens (primary N) is 1. The lowest BCUT2D eigenvalue weighted by Crippen LogP contribution is -2.42. The fourth-order valence-electron chi connectivity index (χ4n) is 2.00. The van der Waals surface area contributed by atoms with E-state index in [2.05, 4.69) is 5.32 Å². The zero-order valence-corrected chi connectivity index (χ0v) is 13.5. The van der Waals surface area contributed by atoms with Gasteiger partial charge in [-0.2, -0.15) is 0 Å². The van der Waals surface area contributed by atoms with Gasteiger partial charge in [-0.15, -0.1) is 0 Å². The molecule has 23 heavy (non-hydrogen) atoms. The summed E-state index contributed by atoms with van der Waals surface area (Å²) in [5.41, 5.74) is 6.28. The van der Waals surface area contributed by atoms with Crippen molar-refractivity contribution in [1.29, 1.82) is 0 Å². The number of nitrogens with zero attached hydrogens (tertiary/aromatic N) is 1. The number of amides is 2. The zero-order valence-electron chi connectivity index (χ0n) is 13.5. The summed E-state index contributed by atoms with van der Waals surface area (Å²) in [7, 11) is 1.50. The molecule has 0 heterocycles. The molecule has 128 valence electrons. The second kappa shape index (κ2) is 9.91. The number of carbonyl (C=O) groups excluding carboxylic acids is 2. The fraction of sp³-hybridized carbons (Fsp3) is 0.500. The first-order valence-electron chi connectivity index (χ1n) is 7.51. The van der Waals surface area contributed by atoms with Crippen molar-refractivity contribution in [2.45, 2.75) is 26.0 Å². The highest BCUT2D eigenvalue weighted by Crippen LogP contribution is 2.03. The van der Waals surface area contributed by atoms with Crippen molar-refractivity contribution < 1.29 is 18.7 Å². The molecule has 0 bridgehead atoms. The molecule has 0 aliphatic heterocycles. The lowest BCUT2D eigenvalue weighted by Gasteiger charge is -2.22. The number of hydrogen-bond acceptors (Lipinski definition) is 4. The molecule has 1 rings (SSSR count). The molecule has 0 radical (unpaired) electrons. The molecule has 0 aromatic heterocycles. The molecule has 7 heteroatoms. The van der Waals surface area contributed by atoms with Crippen LogP contribution >= 0.6 is 0 Å². The van der Waals surface area contributed by atoms with Crippen LogP contribution in [0.25, 0.3) is 0 Å². The van der Waals surface area contributed by atoms with Crippen LogP contribution < -0.4 is 11.1 Å². The molecule has 6 nitrogen and oxygen atoms in total. The van der Waals surface area contributed by atoms with Crippen LogP contribution in [0.4, 0.5) is 4.39 Å². The molecular weight excluding hydrogens is 301 g/mol. The summed E-state index contributed by atoms with van der Waals surface area (Å²) in [5.74, 6) is -0.775. The van der Waals surface area contributed by atoms with Crippen LogP contribution in [0.5, 0.6) is 0 Å². The molecule has 3 N–H and O–H groups in total. The minimum Gasteiger partial charge on any atom is -0.380 e. The average Bonchev–Trinajstić information content (AvgIpc) is 2.56. The number of likely N-dealkylation sites (N-methyl/N-ethyl adjacent to an activating group) is 1. The number of carbonyl (C=O) groups is 2. The van der Waals surface area contributed by atoms with E-state index < -0.39 is 0 Å². The number of hydrogen-bond donors (Lipinski definition) is 2. The molecule has 2 amide bonds. The standard InChI is InChI=1S/C16H24FN3O3/c1-3-20(16(22)8-14(9-18)23-2)11-15(21)19-10-12-4-6-13(17)7-5-12/h4-7,14H,3,8-11,18H2,1-2H3,(H,19,21). The second-order valence-electron chi connectivity index (χ2n) is 5.11. The average molecular weight is 325 g/mol. The second-order valence-corrected chi connectivity index (χ2v) is 5.11. The molecule has 0 saturated carbocycles.